The van der Waals surface area contributed by atoms with Crippen LogP contribution in [0.2, 0.25) is 0 Å². The number of rotatable bonds is 4. The average Bonchev–Trinajstić information content (AvgIpc) is 3.30. The predicted molar refractivity (Wildman–Crippen MR) is 95.0 cm³/mol. The van der Waals surface area contributed by atoms with Crippen molar-refractivity contribution in [2.24, 2.45) is 0 Å². The fourth-order valence-corrected chi connectivity index (χ4v) is 3.11. The van der Waals surface area contributed by atoms with Gasteiger partial charge in [-0.15, -0.1) is 0 Å². The number of aryl methyl sites for hydroxylation is 1. The highest BCUT2D eigenvalue weighted by molar-refractivity contribution is 5.97. The third-order valence-corrected chi connectivity index (χ3v) is 4.52. The van der Waals surface area contributed by atoms with Crippen LogP contribution in [0.4, 0.5) is 5.69 Å². The van der Waals surface area contributed by atoms with E-state index >= 15 is 0 Å². The van der Waals surface area contributed by atoms with Crippen molar-refractivity contribution in [3.05, 3.63) is 54.0 Å². The van der Waals surface area contributed by atoms with E-state index in [2.05, 4.69) is 15.1 Å². The first-order valence-corrected chi connectivity index (χ1v) is 8.35. The van der Waals surface area contributed by atoms with E-state index in [-0.39, 0.29) is 11.8 Å². The molecule has 0 aliphatic carbocycles. The molecule has 3 aromatic rings. The van der Waals surface area contributed by atoms with Crippen molar-refractivity contribution in [3.8, 4) is 17.3 Å². The van der Waals surface area contributed by atoms with Gasteiger partial charge in [-0.05, 0) is 30.7 Å². The van der Waals surface area contributed by atoms with Crippen LogP contribution in [-0.4, -0.2) is 34.7 Å². The Labute approximate surface area is 150 Å². The molecule has 0 saturated carbocycles. The zero-order valence-electron chi connectivity index (χ0n) is 14.5. The molecule has 2 aromatic heterocycles. The lowest BCUT2D eigenvalue weighted by Crippen LogP contribution is -2.25. The lowest BCUT2D eigenvalue weighted by Gasteiger charge is -2.19. The van der Waals surface area contributed by atoms with Gasteiger partial charge >= 0.3 is 0 Å². The number of amides is 1. The summed E-state index contributed by atoms with van der Waals surface area (Å²) in [5.74, 6) is 1.54. The van der Waals surface area contributed by atoms with E-state index in [1.165, 1.54) is 0 Å². The molecule has 4 rings (SSSR count). The number of carbonyl (C=O) groups is 1. The van der Waals surface area contributed by atoms with Crippen LogP contribution < -0.4 is 9.64 Å². The van der Waals surface area contributed by atoms with E-state index in [0.717, 1.165) is 17.0 Å². The van der Waals surface area contributed by atoms with Gasteiger partial charge in [-0.2, -0.15) is 4.98 Å². The fraction of sp³-hybridized carbons (Fsp3) is 0.263. The molecule has 0 spiro atoms. The Bertz CT molecular complexity index is 939. The number of nitrogens with zero attached hydrogens (tertiary/aromatic N) is 4. The normalized spacial score (nSPS) is 16.9. The van der Waals surface area contributed by atoms with Crippen molar-refractivity contribution >= 4 is 11.6 Å². The van der Waals surface area contributed by atoms with E-state index < -0.39 is 0 Å². The third-order valence-electron chi connectivity index (χ3n) is 4.52. The minimum absolute atomic E-state index is 0.0375. The zero-order chi connectivity index (χ0) is 18.1. The number of anilines is 1. The fourth-order valence-electron chi connectivity index (χ4n) is 3.11. The van der Waals surface area contributed by atoms with Crippen molar-refractivity contribution < 1.29 is 14.1 Å². The van der Waals surface area contributed by atoms with Crippen molar-refractivity contribution in [2.75, 3.05) is 18.6 Å². The minimum Gasteiger partial charge on any atom is -0.497 e. The Kier molecular flexibility index (Phi) is 4.12. The maximum Gasteiger partial charge on any atom is 0.276 e. The third kappa shape index (κ3) is 2.92. The molecule has 1 aliphatic heterocycles. The highest BCUT2D eigenvalue weighted by Gasteiger charge is 2.35. The largest absolute Gasteiger partial charge is 0.497 e. The van der Waals surface area contributed by atoms with E-state index in [4.69, 9.17) is 9.26 Å². The Hall–Kier alpha value is -3.22. The van der Waals surface area contributed by atoms with Crippen molar-refractivity contribution in [2.45, 2.75) is 19.3 Å². The molecule has 132 valence electrons. The second-order valence-electron chi connectivity index (χ2n) is 6.23. The number of benzene rings is 1. The molecule has 7 heteroatoms. The Morgan fingerprint density at radius 2 is 2.15 bits per heavy atom. The summed E-state index contributed by atoms with van der Waals surface area (Å²) in [5.41, 5.74) is 2.49. The first-order valence-electron chi connectivity index (χ1n) is 8.35. The van der Waals surface area contributed by atoms with Crippen molar-refractivity contribution in [1.82, 2.24) is 15.1 Å². The summed E-state index contributed by atoms with van der Waals surface area (Å²) in [5, 5.41) is 4.06. The van der Waals surface area contributed by atoms with Gasteiger partial charge in [0.15, 0.2) is 5.82 Å². The monoisotopic (exact) mass is 350 g/mol. The number of carbonyl (C=O) groups excluding carboxylic acids is 1. The summed E-state index contributed by atoms with van der Waals surface area (Å²) in [7, 11) is 1.61. The summed E-state index contributed by atoms with van der Waals surface area (Å²) in [6, 6.07) is 11.2. The number of aromatic nitrogens is 3. The minimum atomic E-state index is -0.116. The molecule has 1 fully saturated rings. The SMILES string of the molecule is COc1ccc(C)c(N2CC(c3noc(-c4ccccn4)n3)CC2=O)c1. The van der Waals surface area contributed by atoms with Crippen LogP contribution in [0.15, 0.2) is 47.1 Å². The van der Waals surface area contributed by atoms with Gasteiger partial charge in [-0.1, -0.05) is 17.3 Å². The van der Waals surface area contributed by atoms with Gasteiger partial charge in [0, 0.05) is 31.1 Å². The topological polar surface area (TPSA) is 81.3 Å². The zero-order valence-corrected chi connectivity index (χ0v) is 14.5. The van der Waals surface area contributed by atoms with Crippen molar-refractivity contribution in [1.29, 1.82) is 0 Å². The van der Waals surface area contributed by atoms with Gasteiger partial charge in [0.25, 0.3) is 5.89 Å². The summed E-state index contributed by atoms with van der Waals surface area (Å²) in [4.78, 5) is 23.0. The number of pyridine rings is 1. The molecule has 26 heavy (non-hydrogen) atoms. The second-order valence-corrected chi connectivity index (χ2v) is 6.23. The number of ether oxygens (including phenoxy) is 1. The quantitative estimate of drug-likeness (QED) is 0.719. The summed E-state index contributed by atoms with van der Waals surface area (Å²) in [6.07, 6.45) is 2.02. The summed E-state index contributed by atoms with van der Waals surface area (Å²) in [6.45, 7) is 2.48. The Morgan fingerprint density at radius 3 is 2.92 bits per heavy atom. The van der Waals surface area contributed by atoms with E-state index in [0.29, 0.717) is 30.4 Å². The van der Waals surface area contributed by atoms with Crippen LogP contribution in [0, 0.1) is 6.92 Å². The molecular weight excluding hydrogens is 332 g/mol. The lowest BCUT2D eigenvalue weighted by molar-refractivity contribution is -0.117. The van der Waals surface area contributed by atoms with Gasteiger partial charge in [0.05, 0.1) is 12.8 Å². The molecule has 1 atom stereocenters. The maximum absolute atomic E-state index is 12.6. The smallest absolute Gasteiger partial charge is 0.276 e. The average molecular weight is 350 g/mol. The molecule has 0 bridgehead atoms. The molecule has 7 nitrogen and oxygen atoms in total. The van der Waals surface area contributed by atoms with Crippen LogP contribution in [0.3, 0.4) is 0 Å². The standard InChI is InChI=1S/C19H18N4O3/c1-12-6-7-14(25-2)10-16(12)23-11-13(9-17(23)24)18-21-19(26-22-18)15-5-3-4-8-20-15/h3-8,10,13H,9,11H2,1-2H3. The van der Waals surface area contributed by atoms with Gasteiger partial charge in [-0.25, -0.2) is 0 Å². The maximum atomic E-state index is 12.6. The summed E-state index contributed by atoms with van der Waals surface area (Å²) >= 11 is 0. The number of methoxy groups -OCH3 is 1. The predicted octanol–water partition coefficient (Wildman–Crippen LogP) is 2.97. The van der Waals surface area contributed by atoms with Gasteiger partial charge in [-0.3, -0.25) is 9.78 Å². The van der Waals surface area contributed by atoms with Gasteiger partial charge < -0.3 is 14.2 Å². The molecule has 1 saturated heterocycles. The molecule has 0 radical (unpaired) electrons. The van der Waals surface area contributed by atoms with Gasteiger partial charge in [0.1, 0.15) is 11.4 Å². The first kappa shape index (κ1) is 16.3. The number of hydrogen-bond donors (Lipinski definition) is 0. The summed E-state index contributed by atoms with van der Waals surface area (Å²) < 4.78 is 10.6. The molecule has 1 aliphatic rings. The van der Waals surface area contributed by atoms with Crippen LogP contribution in [-0.2, 0) is 4.79 Å². The van der Waals surface area contributed by atoms with Gasteiger partial charge in [0.2, 0.25) is 5.91 Å². The molecule has 3 heterocycles. The molecule has 0 N–H and O–H groups in total. The van der Waals surface area contributed by atoms with Crippen LogP contribution in [0.5, 0.6) is 5.75 Å². The molecule has 1 unspecified atom stereocenters. The van der Waals surface area contributed by atoms with Crippen LogP contribution in [0.1, 0.15) is 23.7 Å². The lowest BCUT2D eigenvalue weighted by atomic mass is 10.1. The van der Waals surface area contributed by atoms with E-state index in [1.807, 2.05) is 43.3 Å². The highest BCUT2D eigenvalue weighted by atomic mass is 16.5. The molecule has 1 aromatic carbocycles. The van der Waals surface area contributed by atoms with Crippen LogP contribution >= 0.6 is 0 Å². The number of hydrogen-bond acceptors (Lipinski definition) is 6. The Balaban J connectivity index is 1.58. The van der Waals surface area contributed by atoms with Crippen LogP contribution in [0.25, 0.3) is 11.6 Å². The van der Waals surface area contributed by atoms with E-state index in [1.54, 1.807) is 18.2 Å². The van der Waals surface area contributed by atoms with Crippen molar-refractivity contribution in [3.63, 3.8) is 0 Å². The Morgan fingerprint density at radius 1 is 1.27 bits per heavy atom. The molecular formula is C19H18N4O3. The second kappa shape index (κ2) is 6.59. The highest BCUT2D eigenvalue weighted by Crippen LogP contribution is 2.34. The van der Waals surface area contributed by atoms with E-state index in [9.17, 15) is 4.79 Å². The molecule has 1 amide bonds. The first-order chi connectivity index (χ1) is 12.7.